The summed E-state index contributed by atoms with van der Waals surface area (Å²) < 4.78 is 43.3. The molecule has 0 aliphatic heterocycles. The summed E-state index contributed by atoms with van der Waals surface area (Å²) in [6.07, 6.45) is -3.39. The zero-order valence-corrected chi connectivity index (χ0v) is 15.8. The first kappa shape index (κ1) is 21.2. The fourth-order valence-corrected chi connectivity index (χ4v) is 2.46. The molecule has 0 aromatic heterocycles. The number of carbonyl (C=O) groups is 2. The normalized spacial score (nSPS) is 11.3. The first-order chi connectivity index (χ1) is 13.1. The number of alkyl halides is 3. The topological polar surface area (TPSA) is 100 Å². The number of rotatable bonds is 4. The standard InChI is InChI=1S/C17H13BrF3N3O4/c1-28-13-6-9(5-12(18)14(13)25)8-22-24-16(27)15(26)23-11-4-2-3-10(7-11)17(19,20)21/h2-8,25H,1H3,(H,23,26)(H,24,27)/b22-8-. The van der Waals surface area contributed by atoms with E-state index in [0.717, 1.165) is 12.1 Å². The summed E-state index contributed by atoms with van der Waals surface area (Å²) >= 11 is 3.12. The molecule has 0 heterocycles. The number of phenols is 1. The highest BCUT2D eigenvalue weighted by Gasteiger charge is 2.30. The highest BCUT2D eigenvalue weighted by atomic mass is 79.9. The van der Waals surface area contributed by atoms with Crippen LogP contribution in [0.15, 0.2) is 46.0 Å². The Morgan fingerprint density at radius 1 is 1.21 bits per heavy atom. The Hall–Kier alpha value is -3.08. The number of hydrazone groups is 1. The zero-order chi connectivity index (χ0) is 20.9. The first-order valence-corrected chi connectivity index (χ1v) is 8.29. The van der Waals surface area contributed by atoms with Crippen molar-refractivity contribution in [3.05, 3.63) is 52.0 Å². The third-order valence-corrected chi connectivity index (χ3v) is 3.91. The summed E-state index contributed by atoms with van der Waals surface area (Å²) in [5.41, 5.74) is 1.22. The molecule has 0 spiro atoms. The molecule has 0 saturated carbocycles. The summed E-state index contributed by atoms with van der Waals surface area (Å²) in [5.74, 6) is -2.34. The van der Waals surface area contributed by atoms with E-state index in [1.54, 1.807) is 0 Å². The lowest BCUT2D eigenvalue weighted by Crippen LogP contribution is -2.32. The van der Waals surface area contributed by atoms with Crippen LogP contribution in [0.4, 0.5) is 18.9 Å². The van der Waals surface area contributed by atoms with Crippen molar-refractivity contribution in [2.45, 2.75) is 6.18 Å². The van der Waals surface area contributed by atoms with Crippen LogP contribution in [0.25, 0.3) is 0 Å². The molecule has 0 atom stereocenters. The van der Waals surface area contributed by atoms with E-state index in [9.17, 15) is 27.9 Å². The van der Waals surface area contributed by atoms with E-state index in [-0.39, 0.29) is 17.2 Å². The molecule has 0 bridgehead atoms. The summed E-state index contributed by atoms with van der Waals surface area (Å²) in [5, 5.41) is 15.3. The monoisotopic (exact) mass is 459 g/mol. The number of anilines is 1. The highest BCUT2D eigenvalue weighted by molar-refractivity contribution is 9.10. The molecule has 7 nitrogen and oxygen atoms in total. The van der Waals surface area contributed by atoms with Gasteiger partial charge in [-0.05, 0) is 51.8 Å². The summed E-state index contributed by atoms with van der Waals surface area (Å²) in [6, 6.07) is 6.77. The maximum atomic E-state index is 12.7. The van der Waals surface area contributed by atoms with Crippen molar-refractivity contribution in [1.82, 2.24) is 5.43 Å². The summed E-state index contributed by atoms with van der Waals surface area (Å²) in [4.78, 5) is 23.5. The minimum atomic E-state index is -4.58. The SMILES string of the molecule is COc1cc(/C=N\NC(=O)C(=O)Nc2cccc(C(F)(F)F)c2)cc(Br)c1O. The number of halogens is 4. The number of nitrogens with one attached hydrogen (secondary N) is 2. The predicted octanol–water partition coefficient (Wildman–Crippen LogP) is 3.27. The van der Waals surface area contributed by atoms with Gasteiger partial charge in [0.25, 0.3) is 0 Å². The highest BCUT2D eigenvalue weighted by Crippen LogP contribution is 2.34. The molecular formula is C17H13BrF3N3O4. The number of amides is 2. The Labute approximate surface area is 165 Å². The van der Waals surface area contributed by atoms with Gasteiger partial charge in [-0.1, -0.05) is 6.07 Å². The van der Waals surface area contributed by atoms with Crippen LogP contribution in [-0.4, -0.2) is 30.2 Å². The molecule has 2 aromatic rings. The van der Waals surface area contributed by atoms with Crippen molar-refractivity contribution in [2.75, 3.05) is 12.4 Å². The van der Waals surface area contributed by atoms with Gasteiger partial charge in [0.05, 0.1) is 23.4 Å². The molecule has 2 rings (SSSR count). The molecule has 3 N–H and O–H groups in total. The smallest absolute Gasteiger partial charge is 0.416 e. The predicted molar refractivity (Wildman–Crippen MR) is 98.2 cm³/mol. The van der Waals surface area contributed by atoms with Gasteiger partial charge in [0, 0.05) is 5.69 Å². The van der Waals surface area contributed by atoms with E-state index in [0.29, 0.717) is 16.1 Å². The van der Waals surface area contributed by atoms with E-state index < -0.39 is 23.6 Å². The van der Waals surface area contributed by atoms with Crippen molar-refractivity contribution in [1.29, 1.82) is 0 Å². The van der Waals surface area contributed by atoms with E-state index in [1.165, 1.54) is 31.5 Å². The molecule has 28 heavy (non-hydrogen) atoms. The van der Waals surface area contributed by atoms with Crippen LogP contribution in [0.1, 0.15) is 11.1 Å². The minimum absolute atomic E-state index is 0.121. The number of carbonyl (C=O) groups excluding carboxylic acids is 2. The maximum Gasteiger partial charge on any atom is 0.416 e. The lowest BCUT2D eigenvalue weighted by atomic mass is 10.2. The van der Waals surface area contributed by atoms with E-state index in [2.05, 4.69) is 26.3 Å². The molecule has 0 saturated heterocycles. The van der Waals surface area contributed by atoms with Crippen molar-refractivity contribution >= 4 is 39.6 Å². The van der Waals surface area contributed by atoms with Crippen LogP contribution in [0, 0.1) is 0 Å². The van der Waals surface area contributed by atoms with Gasteiger partial charge < -0.3 is 15.2 Å². The molecule has 0 aliphatic carbocycles. The fraction of sp³-hybridized carbons (Fsp3) is 0.118. The Morgan fingerprint density at radius 2 is 1.93 bits per heavy atom. The number of aromatic hydroxyl groups is 1. The second kappa shape index (κ2) is 8.74. The van der Waals surface area contributed by atoms with Crippen LogP contribution in [0.5, 0.6) is 11.5 Å². The second-order valence-electron chi connectivity index (χ2n) is 5.29. The van der Waals surface area contributed by atoms with Gasteiger partial charge in [-0.3, -0.25) is 9.59 Å². The summed E-state index contributed by atoms with van der Waals surface area (Å²) in [7, 11) is 1.35. The number of ether oxygens (including phenoxy) is 1. The zero-order valence-electron chi connectivity index (χ0n) is 14.2. The molecule has 0 fully saturated rings. The third kappa shape index (κ3) is 5.46. The van der Waals surface area contributed by atoms with Crippen LogP contribution >= 0.6 is 15.9 Å². The number of nitrogens with zero attached hydrogens (tertiary/aromatic N) is 1. The molecule has 2 amide bonds. The van der Waals surface area contributed by atoms with Gasteiger partial charge in [-0.2, -0.15) is 18.3 Å². The van der Waals surface area contributed by atoms with Crippen molar-refractivity contribution in [3.8, 4) is 11.5 Å². The first-order valence-electron chi connectivity index (χ1n) is 7.50. The lowest BCUT2D eigenvalue weighted by molar-refractivity contribution is -0.137. The van der Waals surface area contributed by atoms with Crippen LogP contribution in [0.3, 0.4) is 0 Å². The molecule has 2 aromatic carbocycles. The quantitative estimate of drug-likeness (QED) is 0.371. The summed E-state index contributed by atoms with van der Waals surface area (Å²) in [6.45, 7) is 0. The lowest BCUT2D eigenvalue weighted by Gasteiger charge is -2.09. The van der Waals surface area contributed by atoms with Crippen molar-refractivity contribution in [2.24, 2.45) is 5.10 Å². The molecule has 0 unspecified atom stereocenters. The minimum Gasteiger partial charge on any atom is -0.503 e. The van der Waals surface area contributed by atoms with Gasteiger partial charge in [0.1, 0.15) is 0 Å². The average Bonchev–Trinajstić information content (AvgIpc) is 2.63. The van der Waals surface area contributed by atoms with Gasteiger partial charge in [0.2, 0.25) is 0 Å². The van der Waals surface area contributed by atoms with Crippen LogP contribution < -0.4 is 15.5 Å². The van der Waals surface area contributed by atoms with Gasteiger partial charge in [-0.25, -0.2) is 5.43 Å². The number of hydrogen-bond donors (Lipinski definition) is 3. The molecule has 0 aliphatic rings. The van der Waals surface area contributed by atoms with Crippen LogP contribution in [0.2, 0.25) is 0 Å². The Balaban J connectivity index is 2.01. The maximum absolute atomic E-state index is 12.7. The third-order valence-electron chi connectivity index (χ3n) is 3.30. The van der Waals surface area contributed by atoms with Gasteiger partial charge in [-0.15, -0.1) is 0 Å². The number of hydrogen-bond acceptors (Lipinski definition) is 5. The number of benzene rings is 2. The average molecular weight is 460 g/mol. The number of methoxy groups -OCH3 is 1. The van der Waals surface area contributed by atoms with Crippen molar-refractivity contribution in [3.63, 3.8) is 0 Å². The van der Waals surface area contributed by atoms with E-state index >= 15 is 0 Å². The molecule has 148 valence electrons. The fourth-order valence-electron chi connectivity index (χ4n) is 2.00. The molecular weight excluding hydrogens is 447 g/mol. The van der Waals surface area contributed by atoms with E-state index in [4.69, 9.17) is 4.74 Å². The van der Waals surface area contributed by atoms with Crippen LogP contribution in [-0.2, 0) is 15.8 Å². The largest absolute Gasteiger partial charge is 0.503 e. The van der Waals surface area contributed by atoms with E-state index in [1.807, 2.05) is 5.43 Å². The van der Waals surface area contributed by atoms with Gasteiger partial charge >= 0.3 is 18.0 Å². The number of phenolic OH excluding ortho intramolecular Hbond substituents is 1. The Bertz CT molecular complexity index is 932. The van der Waals surface area contributed by atoms with Gasteiger partial charge in [0.15, 0.2) is 11.5 Å². The van der Waals surface area contributed by atoms with Crippen molar-refractivity contribution < 1.29 is 32.6 Å². The molecule has 11 heteroatoms. The second-order valence-corrected chi connectivity index (χ2v) is 6.14. The molecule has 0 radical (unpaired) electrons. The Kier molecular flexibility index (Phi) is 6.62. The Morgan fingerprint density at radius 3 is 2.57 bits per heavy atom.